The van der Waals surface area contributed by atoms with Crippen molar-refractivity contribution in [2.24, 2.45) is 4.99 Å². The predicted octanol–water partition coefficient (Wildman–Crippen LogP) is 6.00. The first-order valence-electron chi connectivity index (χ1n) is 11.0. The molecule has 4 rings (SSSR count). The predicted molar refractivity (Wildman–Crippen MR) is 127 cm³/mol. The number of aliphatic imine (C=N–C) groups is 1. The van der Waals surface area contributed by atoms with Gasteiger partial charge < -0.3 is 10.1 Å². The molecule has 1 amide bonds. The highest BCUT2D eigenvalue weighted by Gasteiger charge is 2.45. The maximum atomic E-state index is 13.7. The van der Waals surface area contributed by atoms with Crippen LogP contribution in [0.5, 0.6) is 0 Å². The molecular formula is C27H28FN3O2. The highest BCUT2D eigenvalue weighted by Crippen LogP contribution is 2.40. The summed E-state index contributed by atoms with van der Waals surface area (Å²) in [5.74, 6) is 0.0802. The first-order chi connectivity index (χ1) is 15.8. The molecule has 1 aliphatic rings. The summed E-state index contributed by atoms with van der Waals surface area (Å²) in [6, 6.07) is 25.5. The molecule has 0 bridgehead atoms. The van der Waals surface area contributed by atoms with Gasteiger partial charge in [0.05, 0.1) is 18.6 Å². The number of rotatable bonds is 4. The van der Waals surface area contributed by atoms with Crippen LogP contribution >= 0.6 is 0 Å². The SMILES string of the molecule is CC(C)(C)OC(=O)N1C(=NCc2cccc(F)c2)NC(c2ccccc2)C1c1ccccc1. The minimum absolute atomic E-state index is 0.225. The first-order valence-corrected chi connectivity index (χ1v) is 11.0. The lowest BCUT2D eigenvalue weighted by atomic mass is 9.94. The Morgan fingerprint density at radius 3 is 2.21 bits per heavy atom. The lowest BCUT2D eigenvalue weighted by Crippen LogP contribution is -2.41. The smallest absolute Gasteiger partial charge is 0.417 e. The number of benzene rings is 3. The van der Waals surface area contributed by atoms with Crippen molar-refractivity contribution in [2.75, 3.05) is 0 Å². The Morgan fingerprint density at radius 1 is 0.970 bits per heavy atom. The van der Waals surface area contributed by atoms with E-state index in [9.17, 15) is 9.18 Å². The summed E-state index contributed by atoms with van der Waals surface area (Å²) >= 11 is 0. The van der Waals surface area contributed by atoms with Gasteiger partial charge in [0, 0.05) is 0 Å². The van der Waals surface area contributed by atoms with Gasteiger partial charge in [-0.3, -0.25) is 0 Å². The fraction of sp³-hybridized carbons (Fsp3) is 0.259. The largest absolute Gasteiger partial charge is 0.443 e. The third-order valence-electron chi connectivity index (χ3n) is 5.30. The van der Waals surface area contributed by atoms with Crippen molar-refractivity contribution >= 4 is 12.1 Å². The average molecular weight is 446 g/mol. The van der Waals surface area contributed by atoms with Gasteiger partial charge in [0.1, 0.15) is 11.4 Å². The number of carbonyl (C=O) groups is 1. The Hall–Kier alpha value is -3.67. The summed E-state index contributed by atoms with van der Waals surface area (Å²) < 4.78 is 19.4. The first kappa shape index (κ1) is 22.5. The molecule has 2 unspecified atom stereocenters. The van der Waals surface area contributed by atoms with E-state index >= 15 is 0 Å². The Morgan fingerprint density at radius 2 is 1.61 bits per heavy atom. The van der Waals surface area contributed by atoms with Crippen LogP contribution in [-0.2, 0) is 11.3 Å². The van der Waals surface area contributed by atoms with Gasteiger partial charge in [0.2, 0.25) is 5.96 Å². The summed E-state index contributed by atoms with van der Waals surface area (Å²) in [6.07, 6.45) is -0.486. The van der Waals surface area contributed by atoms with Crippen LogP contribution in [0.3, 0.4) is 0 Å². The molecule has 1 aliphatic heterocycles. The summed E-state index contributed by atoms with van der Waals surface area (Å²) in [4.78, 5) is 19.7. The van der Waals surface area contributed by atoms with Crippen LogP contribution in [-0.4, -0.2) is 22.6 Å². The van der Waals surface area contributed by atoms with E-state index in [1.807, 2.05) is 87.5 Å². The zero-order valence-electron chi connectivity index (χ0n) is 19.0. The van der Waals surface area contributed by atoms with Gasteiger partial charge >= 0.3 is 6.09 Å². The van der Waals surface area contributed by atoms with E-state index in [0.29, 0.717) is 11.5 Å². The number of nitrogens with one attached hydrogen (secondary N) is 1. The van der Waals surface area contributed by atoms with E-state index in [1.54, 1.807) is 11.0 Å². The van der Waals surface area contributed by atoms with Crippen LogP contribution in [0.1, 0.15) is 49.5 Å². The van der Waals surface area contributed by atoms with Crippen molar-refractivity contribution in [3.05, 3.63) is 107 Å². The number of amides is 1. The molecule has 0 saturated carbocycles. The van der Waals surface area contributed by atoms with Crippen molar-refractivity contribution in [1.82, 2.24) is 10.2 Å². The van der Waals surface area contributed by atoms with Crippen molar-refractivity contribution < 1.29 is 13.9 Å². The highest BCUT2D eigenvalue weighted by molar-refractivity contribution is 5.97. The van der Waals surface area contributed by atoms with Crippen molar-refractivity contribution in [1.29, 1.82) is 0 Å². The van der Waals surface area contributed by atoms with E-state index < -0.39 is 11.7 Å². The van der Waals surface area contributed by atoms with Crippen LogP contribution < -0.4 is 5.32 Å². The van der Waals surface area contributed by atoms with Gasteiger partial charge in [-0.15, -0.1) is 0 Å². The summed E-state index contributed by atoms with van der Waals surface area (Å²) in [5.41, 5.74) is 2.03. The number of hydrogen-bond acceptors (Lipinski definition) is 3. The fourth-order valence-corrected chi connectivity index (χ4v) is 3.92. The topological polar surface area (TPSA) is 53.9 Å². The second-order valence-corrected chi connectivity index (χ2v) is 9.01. The number of hydrogen-bond donors (Lipinski definition) is 1. The molecule has 5 nitrogen and oxygen atoms in total. The minimum atomic E-state index is -0.670. The van der Waals surface area contributed by atoms with Crippen LogP contribution in [0.2, 0.25) is 0 Å². The molecule has 0 aromatic heterocycles. The molecule has 1 heterocycles. The van der Waals surface area contributed by atoms with E-state index in [0.717, 1.165) is 11.1 Å². The van der Waals surface area contributed by atoms with Crippen LogP contribution in [0.15, 0.2) is 89.9 Å². The van der Waals surface area contributed by atoms with Crippen molar-refractivity contribution in [3.8, 4) is 0 Å². The molecule has 3 aromatic rings. The number of halogens is 1. The Balaban J connectivity index is 1.78. The molecule has 2 atom stereocenters. The van der Waals surface area contributed by atoms with Gasteiger partial charge in [-0.1, -0.05) is 72.8 Å². The standard InChI is InChI=1S/C27H28FN3O2/c1-27(2,3)33-26(32)31-24(21-14-8-5-9-15-21)23(20-12-6-4-7-13-20)30-25(31)29-18-19-11-10-16-22(28)17-19/h4-17,23-24H,18H2,1-3H3,(H,29,30). The molecule has 170 valence electrons. The zero-order chi connectivity index (χ0) is 23.4. The molecule has 33 heavy (non-hydrogen) atoms. The molecule has 1 saturated heterocycles. The van der Waals surface area contributed by atoms with E-state index in [2.05, 4.69) is 10.3 Å². The number of carbonyl (C=O) groups excluding carboxylic acids is 1. The molecule has 6 heteroatoms. The third-order valence-corrected chi connectivity index (χ3v) is 5.30. The summed E-state index contributed by atoms with van der Waals surface area (Å²) in [7, 11) is 0. The van der Waals surface area contributed by atoms with Gasteiger partial charge in [-0.05, 0) is 49.6 Å². The molecule has 1 fully saturated rings. The van der Waals surface area contributed by atoms with Crippen molar-refractivity contribution in [2.45, 2.75) is 45.0 Å². The second-order valence-electron chi connectivity index (χ2n) is 9.01. The maximum Gasteiger partial charge on any atom is 0.417 e. The van der Waals surface area contributed by atoms with Crippen LogP contribution in [0.4, 0.5) is 9.18 Å². The summed E-state index contributed by atoms with van der Waals surface area (Å²) in [6.45, 7) is 5.74. The lowest BCUT2D eigenvalue weighted by Gasteiger charge is -2.29. The molecular weight excluding hydrogens is 417 g/mol. The number of nitrogens with zero attached hydrogens (tertiary/aromatic N) is 2. The number of ether oxygens (including phenoxy) is 1. The van der Waals surface area contributed by atoms with Gasteiger partial charge in [-0.2, -0.15) is 0 Å². The average Bonchev–Trinajstić information content (AvgIpc) is 3.18. The molecule has 0 spiro atoms. The van der Waals surface area contributed by atoms with Gasteiger partial charge in [0.15, 0.2) is 0 Å². The van der Waals surface area contributed by atoms with Crippen LogP contribution in [0, 0.1) is 5.82 Å². The Bertz CT molecular complexity index is 1130. The van der Waals surface area contributed by atoms with E-state index in [-0.39, 0.29) is 24.4 Å². The summed E-state index contributed by atoms with van der Waals surface area (Å²) in [5, 5.41) is 3.44. The molecule has 3 aromatic carbocycles. The highest BCUT2D eigenvalue weighted by atomic mass is 19.1. The van der Waals surface area contributed by atoms with E-state index in [1.165, 1.54) is 12.1 Å². The fourth-order valence-electron chi connectivity index (χ4n) is 3.92. The molecule has 1 N–H and O–H groups in total. The maximum absolute atomic E-state index is 13.7. The monoisotopic (exact) mass is 445 g/mol. The van der Waals surface area contributed by atoms with E-state index in [4.69, 9.17) is 4.74 Å². The van der Waals surface area contributed by atoms with Crippen molar-refractivity contribution in [3.63, 3.8) is 0 Å². The zero-order valence-corrected chi connectivity index (χ0v) is 19.0. The van der Waals surface area contributed by atoms with Gasteiger partial charge in [-0.25, -0.2) is 19.1 Å². The molecule has 0 radical (unpaired) electrons. The molecule has 0 aliphatic carbocycles. The second kappa shape index (κ2) is 9.45. The Kier molecular flexibility index (Phi) is 6.45. The lowest BCUT2D eigenvalue weighted by molar-refractivity contribution is 0.0320. The van der Waals surface area contributed by atoms with Crippen LogP contribution in [0.25, 0.3) is 0 Å². The van der Waals surface area contributed by atoms with Gasteiger partial charge in [0.25, 0.3) is 0 Å². The third kappa shape index (κ3) is 5.40. The Labute approximate surface area is 193 Å². The quantitative estimate of drug-likeness (QED) is 0.535. The normalized spacial score (nSPS) is 19.4. The number of guanidine groups is 1. The minimum Gasteiger partial charge on any atom is -0.443 e.